The second kappa shape index (κ2) is 8.30. The van der Waals surface area contributed by atoms with Crippen molar-refractivity contribution >= 4 is 5.57 Å². The zero-order valence-electron chi connectivity index (χ0n) is 9.82. The van der Waals surface area contributed by atoms with Crippen LogP contribution in [0.15, 0.2) is 74.0 Å². The van der Waals surface area contributed by atoms with E-state index in [1.54, 1.807) is 6.08 Å². The van der Waals surface area contributed by atoms with Crippen molar-refractivity contribution in [3.8, 4) is 0 Å². The van der Waals surface area contributed by atoms with E-state index in [4.69, 9.17) is 5.73 Å². The van der Waals surface area contributed by atoms with Crippen LogP contribution in [0.4, 0.5) is 0 Å². The van der Waals surface area contributed by atoms with Crippen LogP contribution in [0.25, 0.3) is 5.57 Å². The van der Waals surface area contributed by atoms with Gasteiger partial charge in [0.2, 0.25) is 0 Å². The van der Waals surface area contributed by atoms with Gasteiger partial charge in [0.05, 0.1) is 0 Å². The molecule has 0 atom stereocenters. The average molecular weight is 213 g/mol. The highest BCUT2D eigenvalue weighted by Gasteiger charge is 1.99. The molecular formula is C15H19N. The van der Waals surface area contributed by atoms with E-state index in [2.05, 4.69) is 19.7 Å². The van der Waals surface area contributed by atoms with Gasteiger partial charge < -0.3 is 5.73 Å². The minimum atomic E-state index is 0.744. The molecule has 1 rings (SSSR count). The van der Waals surface area contributed by atoms with Crippen molar-refractivity contribution in [2.24, 2.45) is 5.73 Å². The third-order valence-electron chi connectivity index (χ3n) is 1.95. The molecule has 1 heteroatoms. The Hall–Kier alpha value is -2.02. The highest BCUT2D eigenvalue weighted by Crippen LogP contribution is 2.17. The Kier molecular flexibility index (Phi) is 7.25. The maximum atomic E-state index is 5.89. The molecule has 0 saturated heterocycles. The van der Waals surface area contributed by atoms with Crippen molar-refractivity contribution in [2.75, 3.05) is 0 Å². The fourth-order valence-corrected chi connectivity index (χ4v) is 1.29. The third kappa shape index (κ3) is 4.01. The monoisotopic (exact) mass is 213 g/mol. The lowest BCUT2D eigenvalue weighted by atomic mass is 10.0. The summed E-state index contributed by atoms with van der Waals surface area (Å²) in [6.45, 7) is 11.7. The van der Waals surface area contributed by atoms with Crippen molar-refractivity contribution in [2.45, 2.75) is 6.92 Å². The zero-order chi connectivity index (χ0) is 12.4. The Morgan fingerprint density at radius 2 is 1.75 bits per heavy atom. The Balaban J connectivity index is 0.00000106. The van der Waals surface area contributed by atoms with Crippen LogP contribution in [0.3, 0.4) is 0 Å². The van der Waals surface area contributed by atoms with Crippen molar-refractivity contribution in [3.05, 3.63) is 79.6 Å². The number of rotatable bonds is 3. The van der Waals surface area contributed by atoms with Gasteiger partial charge in [-0.2, -0.15) is 0 Å². The summed E-state index contributed by atoms with van der Waals surface area (Å²) in [5.74, 6) is 0. The predicted molar refractivity (Wildman–Crippen MR) is 73.8 cm³/mol. The van der Waals surface area contributed by atoms with E-state index in [-0.39, 0.29) is 0 Å². The predicted octanol–water partition coefficient (Wildman–Crippen LogP) is 3.92. The lowest BCUT2D eigenvalue weighted by Gasteiger charge is -2.04. The normalized spacial score (nSPS) is 11.3. The van der Waals surface area contributed by atoms with Crippen LogP contribution >= 0.6 is 0 Å². The molecule has 1 aromatic rings. The van der Waals surface area contributed by atoms with Crippen LogP contribution in [0.5, 0.6) is 0 Å². The first-order valence-corrected chi connectivity index (χ1v) is 5.10. The minimum Gasteiger partial charge on any atom is -0.398 e. The summed E-state index contributed by atoms with van der Waals surface area (Å²) in [4.78, 5) is 0. The maximum absolute atomic E-state index is 5.89. The van der Waals surface area contributed by atoms with Gasteiger partial charge in [-0.1, -0.05) is 49.1 Å². The van der Waals surface area contributed by atoms with Crippen LogP contribution < -0.4 is 5.73 Å². The van der Waals surface area contributed by atoms with E-state index < -0.39 is 0 Å². The molecule has 84 valence electrons. The fraction of sp³-hybridized carbons (Fsp3) is 0.0667. The van der Waals surface area contributed by atoms with Crippen LogP contribution in [0, 0.1) is 0 Å². The molecule has 0 aliphatic carbocycles. The van der Waals surface area contributed by atoms with Gasteiger partial charge in [0, 0.05) is 11.3 Å². The van der Waals surface area contributed by atoms with E-state index >= 15 is 0 Å². The molecule has 0 spiro atoms. The van der Waals surface area contributed by atoms with Gasteiger partial charge in [0.15, 0.2) is 0 Å². The van der Waals surface area contributed by atoms with Crippen LogP contribution in [0.1, 0.15) is 12.5 Å². The topological polar surface area (TPSA) is 26.0 Å². The molecule has 0 bridgehead atoms. The molecule has 0 fully saturated rings. The Bertz CT molecular complexity index is 372. The fourth-order valence-electron chi connectivity index (χ4n) is 1.29. The molecule has 0 amide bonds. The number of hydrogen-bond acceptors (Lipinski definition) is 1. The first-order valence-electron chi connectivity index (χ1n) is 5.10. The average Bonchev–Trinajstić information content (AvgIpc) is 2.34. The minimum absolute atomic E-state index is 0.744. The van der Waals surface area contributed by atoms with Gasteiger partial charge >= 0.3 is 0 Å². The standard InChI is InChI=1S/C13H15N.C2H4/c1-3-8-13(14)12(4-2)11-9-6-5-7-10-11;1-2/h3-10H,2,14H2,1H3;1-2H2/b8-3-,13-12-;. The number of nitrogens with two attached hydrogens (primary N) is 1. The summed E-state index contributed by atoms with van der Waals surface area (Å²) in [6.07, 6.45) is 5.58. The van der Waals surface area contributed by atoms with E-state index in [1.165, 1.54) is 0 Å². The third-order valence-corrected chi connectivity index (χ3v) is 1.95. The van der Waals surface area contributed by atoms with Crippen molar-refractivity contribution in [1.29, 1.82) is 0 Å². The molecule has 0 aliphatic heterocycles. The molecular weight excluding hydrogens is 194 g/mol. The SMILES string of the molecule is C=C.C=C/C(=C(N)\C=C/C)c1ccccc1. The molecule has 0 aromatic heterocycles. The van der Waals surface area contributed by atoms with E-state index in [1.807, 2.05) is 49.4 Å². The van der Waals surface area contributed by atoms with E-state index in [9.17, 15) is 0 Å². The molecule has 0 unspecified atom stereocenters. The van der Waals surface area contributed by atoms with Crippen LogP contribution in [-0.2, 0) is 0 Å². The Morgan fingerprint density at radius 1 is 1.19 bits per heavy atom. The van der Waals surface area contributed by atoms with E-state index in [0.29, 0.717) is 0 Å². The number of allylic oxidation sites excluding steroid dienone is 4. The molecule has 0 saturated carbocycles. The molecule has 2 N–H and O–H groups in total. The Morgan fingerprint density at radius 3 is 2.19 bits per heavy atom. The first kappa shape index (κ1) is 14.0. The molecule has 0 heterocycles. The van der Waals surface area contributed by atoms with Gasteiger partial charge in [-0.25, -0.2) is 0 Å². The van der Waals surface area contributed by atoms with Crippen molar-refractivity contribution < 1.29 is 0 Å². The Labute approximate surface area is 98.3 Å². The van der Waals surface area contributed by atoms with Crippen LogP contribution in [0.2, 0.25) is 0 Å². The summed E-state index contributed by atoms with van der Waals surface area (Å²) < 4.78 is 0. The summed E-state index contributed by atoms with van der Waals surface area (Å²) in [5, 5.41) is 0. The summed E-state index contributed by atoms with van der Waals surface area (Å²) in [6, 6.07) is 10.0. The van der Waals surface area contributed by atoms with E-state index in [0.717, 1.165) is 16.8 Å². The van der Waals surface area contributed by atoms with Crippen molar-refractivity contribution in [3.63, 3.8) is 0 Å². The summed E-state index contributed by atoms with van der Waals surface area (Å²) in [7, 11) is 0. The number of benzene rings is 1. The second-order valence-corrected chi connectivity index (χ2v) is 2.94. The van der Waals surface area contributed by atoms with Gasteiger partial charge in [0.25, 0.3) is 0 Å². The summed E-state index contributed by atoms with van der Waals surface area (Å²) in [5.41, 5.74) is 8.71. The quantitative estimate of drug-likeness (QED) is 0.597. The second-order valence-electron chi connectivity index (χ2n) is 2.94. The molecule has 0 aliphatic rings. The largest absolute Gasteiger partial charge is 0.398 e. The molecule has 0 radical (unpaired) electrons. The van der Waals surface area contributed by atoms with Gasteiger partial charge in [0.1, 0.15) is 0 Å². The highest BCUT2D eigenvalue weighted by molar-refractivity contribution is 5.77. The molecule has 1 nitrogen and oxygen atoms in total. The summed E-state index contributed by atoms with van der Waals surface area (Å²) >= 11 is 0. The lowest BCUT2D eigenvalue weighted by molar-refractivity contribution is 1.41. The smallest absolute Gasteiger partial charge is 0.0390 e. The highest BCUT2D eigenvalue weighted by atomic mass is 14.6. The number of hydrogen-bond donors (Lipinski definition) is 1. The molecule has 1 aromatic carbocycles. The molecule has 16 heavy (non-hydrogen) atoms. The van der Waals surface area contributed by atoms with Gasteiger partial charge in [-0.3, -0.25) is 0 Å². The van der Waals surface area contributed by atoms with Gasteiger partial charge in [-0.15, -0.1) is 13.2 Å². The van der Waals surface area contributed by atoms with Crippen LogP contribution in [-0.4, -0.2) is 0 Å². The zero-order valence-corrected chi connectivity index (χ0v) is 9.82. The lowest BCUT2D eigenvalue weighted by Crippen LogP contribution is -1.97. The van der Waals surface area contributed by atoms with Crippen molar-refractivity contribution in [1.82, 2.24) is 0 Å². The maximum Gasteiger partial charge on any atom is 0.0390 e. The van der Waals surface area contributed by atoms with Gasteiger partial charge in [-0.05, 0) is 18.6 Å². The first-order chi connectivity index (χ1) is 7.79.